The molecule has 0 atom stereocenters. The Morgan fingerprint density at radius 3 is 2.05 bits per heavy atom. The Kier molecular flexibility index (Phi) is 5.94. The van der Waals surface area contributed by atoms with Crippen molar-refractivity contribution < 1.29 is 14.7 Å². The number of hydrogen-bond acceptors (Lipinski definition) is 1. The average molecular weight is 528 g/mol. The van der Waals surface area contributed by atoms with Crippen LogP contribution in [0.5, 0.6) is 0 Å². The van der Waals surface area contributed by atoms with E-state index in [-0.39, 0.29) is 5.82 Å². The molecule has 2 aromatic heterocycles. The molecule has 40 heavy (non-hydrogen) atoms. The molecule has 1 aliphatic rings. The number of furan rings is 1. The van der Waals surface area contributed by atoms with Crippen LogP contribution in [0.1, 0.15) is 50.5 Å². The third-order valence-electron chi connectivity index (χ3n) is 8.54. The minimum atomic E-state index is -0.459. The number of aryl methyl sites for hydroxylation is 2. The summed E-state index contributed by atoms with van der Waals surface area (Å²) < 4.78 is 33.1. The molecule has 1 fully saturated rings. The molecule has 0 unspecified atom stereocenters. The summed E-state index contributed by atoms with van der Waals surface area (Å²) in [7, 11) is 2.03. The molecule has 3 heteroatoms. The first-order chi connectivity index (χ1) is 19.9. The Labute approximate surface area is 236 Å². The standard InChI is InChI=1S/C37H33FNO/c1-24-11-20-30-31-21-22-32(38)35(37(31)40-36(30)34(24)33-10-6-7-23-39(33)2)29-18-16-28(17-19-29)27-14-12-26(13-15-27)25-8-4-3-5-9-25/h6-7,10-23,25H,3-5,8-9H2,1-2H3/q+1/i25D. The lowest BCUT2D eigenvalue weighted by atomic mass is 9.83. The van der Waals surface area contributed by atoms with E-state index in [4.69, 9.17) is 5.79 Å². The van der Waals surface area contributed by atoms with Gasteiger partial charge in [0.15, 0.2) is 6.20 Å². The van der Waals surface area contributed by atoms with Gasteiger partial charge in [0.1, 0.15) is 24.0 Å². The summed E-state index contributed by atoms with van der Waals surface area (Å²) >= 11 is 0. The summed E-state index contributed by atoms with van der Waals surface area (Å²) in [5.74, 6) is -0.759. The van der Waals surface area contributed by atoms with Gasteiger partial charge in [-0.15, -0.1) is 0 Å². The zero-order chi connectivity index (χ0) is 28.1. The number of benzene rings is 4. The first-order valence-corrected chi connectivity index (χ1v) is 14.2. The van der Waals surface area contributed by atoms with Crippen LogP contribution in [0.25, 0.3) is 55.4 Å². The number of rotatable bonds is 4. The fourth-order valence-corrected chi connectivity index (χ4v) is 6.34. The minimum Gasteiger partial charge on any atom is -0.454 e. The third-order valence-corrected chi connectivity index (χ3v) is 8.54. The van der Waals surface area contributed by atoms with Gasteiger partial charge in [-0.1, -0.05) is 79.9 Å². The average Bonchev–Trinajstić information content (AvgIpc) is 3.37. The predicted octanol–water partition coefficient (Wildman–Crippen LogP) is 9.91. The maximum absolute atomic E-state index is 15.5. The van der Waals surface area contributed by atoms with Gasteiger partial charge in [-0.25, -0.2) is 8.96 Å². The molecular formula is C37H33FNO+. The molecule has 2 heterocycles. The van der Waals surface area contributed by atoms with Crippen LogP contribution in [0.3, 0.4) is 0 Å². The van der Waals surface area contributed by atoms with Gasteiger partial charge in [-0.2, -0.15) is 0 Å². The molecule has 6 aromatic rings. The van der Waals surface area contributed by atoms with Crippen LogP contribution < -0.4 is 4.57 Å². The van der Waals surface area contributed by atoms with Crippen molar-refractivity contribution in [2.24, 2.45) is 7.05 Å². The molecule has 198 valence electrons. The normalized spacial score (nSPS) is 15.4. The van der Waals surface area contributed by atoms with Gasteiger partial charge in [0.2, 0.25) is 5.69 Å². The van der Waals surface area contributed by atoms with Crippen molar-refractivity contribution in [1.29, 1.82) is 0 Å². The van der Waals surface area contributed by atoms with Crippen molar-refractivity contribution in [3.63, 3.8) is 0 Å². The van der Waals surface area contributed by atoms with Gasteiger partial charge >= 0.3 is 0 Å². The molecule has 2 nitrogen and oxygen atoms in total. The number of fused-ring (bicyclic) bond motifs is 3. The van der Waals surface area contributed by atoms with E-state index >= 15 is 4.39 Å². The van der Waals surface area contributed by atoms with Crippen molar-refractivity contribution in [2.75, 3.05) is 0 Å². The summed E-state index contributed by atoms with van der Waals surface area (Å²) in [5, 5.41) is 1.88. The van der Waals surface area contributed by atoms with Crippen LogP contribution in [0.15, 0.2) is 102 Å². The van der Waals surface area contributed by atoms with E-state index in [1.165, 1.54) is 6.42 Å². The first-order valence-electron chi connectivity index (χ1n) is 14.7. The van der Waals surface area contributed by atoms with E-state index < -0.39 is 5.89 Å². The van der Waals surface area contributed by atoms with E-state index in [0.717, 1.165) is 81.1 Å². The molecule has 0 bridgehead atoms. The Balaban J connectivity index is 1.29. The van der Waals surface area contributed by atoms with E-state index in [9.17, 15) is 0 Å². The van der Waals surface area contributed by atoms with Gasteiger partial charge in [-0.05, 0) is 71.7 Å². The molecule has 1 aliphatic carbocycles. The van der Waals surface area contributed by atoms with Crippen molar-refractivity contribution in [3.8, 4) is 33.5 Å². The van der Waals surface area contributed by atoms with E-state index in [1.807, 2.05) is 55.7 Å². The summed E-state index contributed by atoms with van der Waals surface area (Å²) in [6.45, 7) is 2.08. The second-order valence-electron chi connectivity index (χ2n) is 11.1. The number of hydrogen-bond donors (Lipinski definition) is 0. The first kappa shape index (κ1) is 23.6. The topological polar surface area (TPSA) is 17.0 Å². The molecule has 0 N–H and O–H groups in total. The summed E-state index contributed by atoms with van der Waals surface area (Å²) in [4.78, 5) is 0. The summed E-state index contributed by atoms with van der Waals surface area (Å²) in [6.07, 6.45) is 7.40. The lowest BCUT2D eigenvalue weighted by Gasteiger charge is -2.22. The van der Waals surface area contributed by atoms with E-state index in [1.54, 1.807) is 6.07 Å². The molecule has 0 spiro atoms. The number of nitrogens with zero attached hydrogens (tertiary/aromatic N) is 1. The van der Waals surface area contributed by atoms with Crippen molar-refractivity contribution in [1.82, 2.24) is 0 Å². The smallest absolute Gasteiger partial charge is 0.216 e. The molecule has 1 saturated carbocycles. The lowest BCUT2D eigenvalue weighted by Crippen LogP contribution is -2.30. The largest absolute Gasteiger partial charge is 0.454 e. The molecule has 0 amide bonds. The lowest BCUT2D eigenvalue weighted by molar-refractivity contribution is -0.660. The van der Waals surface area contributed by atoms with Crippen LogP contribution in [-0.2, 0) is 7.05 Å². The van der Waals surface area contributed by atoms with Crippen molar-refractivity contribution >= 4 is 21.9 Å². The number of halogens is 1. The minimum absolute atomic E-state index is 0.301. The zero-order valence-electron chi connectivity index (χ0n) is 24.0. The van der Waals surface area contributed by atoms with Crippen molar-refractivity contribution in [3.05, 3.63) is 114 Å². The second kappa shape index (κ2) is 10.1. The molecular weight excluding hydrogens is 493 g/mol. The van der Waals surface area contributed by atoms with Gasteiger partial charge in [-0.3, -0.25) is 0 Å². The van der Waals surface area contributed by atoms with Gasteiger partial charge < -0.3 is 4.42 Å². The Morgan fingerprint density at radius 1 is 0.725 bits per heavy atom. The molecule has 0 radical (unpaired) electrons. The SMILES string of the molecule is [2H]C1(c2ccc(-c3ccc(-c4c(F)ccc5c4oc4c(-c6cccc[n+]6C)c(C)ccc45)cc3)cc2)CCCCC1. The highest BCUT2D eigenvalue weighted by molar-refractivity contribution is 6.13. The predicted molar refractivity (Wildman–Crippen MR) is 162 cm³/mol. The zero-order valence-corrected chi connectivity index (χ0v) is 23.0. The maximum Gasteiger partial charge on any atom is 0.216 e. The van der Waals surface area contributed by atoms with E-state index in [2.05, 4.69) is 54.0 Å². The van der Waals surface area contributed by atoms with Gasteiger partial charge in [0.25, 0.3) is 0 Å². The number of aromatic nitrogens is 1. The Hall–Kier alpha value is -4.24. The third kappa shape index (κ3) is 4.21. The van der Waals surface area contributed by atoms with Crippen LogP contribution >= 0.6 is 0 Å². The van der Waals surface area contributed by atoms with Gasteiger partial charge in [0, 0.05) is 24.3 Å². The van der Waals surface area contributed by atoms with Crippen LogP contribution in [0.2, 0.25) is 0 Å². The van der Waals surface area contributed by atoms with Crippen LogP contribution in [0, 0.1) is 12.7 Å². The quantitative estimate of drug-likeness (QED) is 0.209. The van der Waals surface area contributed by atoms with Gasteiger partial charge in [0.05, 0.1) is 11.1 Å². The second-order valence-corrected chi connectivity index (χ2v) is 11.1. The highest BCUT2D eigenvalue weighted by Crippen LogP contribution is 2.42. The molecule has 0 aliphatic heterocycles. The highest BCUT2D eigenvalue weighted by Gasteiger charge is 2.23. The van der Waals surface area contributed by atoms with E-state index in [0.29, 0.717) is 11.1 Å². The van der Waals surface area contributed by atoms with Crippen LogP contribution in [-0.4, -0.2) is 0 Å². The summed E-state index contributed by atoms with van der Waals surface area (Å²) in [5.41, 5.74) is 9.05. The maximum atomic E-state index is 15.5. The molecule has 7 rings (SSSR count). The fourth-order valence-electron chi connectivity index (χ4n) is 6.34. The molecule has 4 aromatic carbocycles. The fraction of sp³-hybridized carbons (Fsp3) is 0.216. The Morgan fingerprint density at radius 2 is 1.35 bits per heavy atom. The monoisotopic (exact) mass is 527 g/mol. The van der Waals surface area contributed by atoms with Crippen LogP contribution in [0.4, 0.5) is 4.39 Å². The summed E-state index contributed by atoms with van der Waals surface area (Å²) in [6, 6.07) is 30.2. The highest BCUT2D eigenvalue weighted by atomic mass is 19.1. The number of pyridine rings is 1. The Bertz CT molecular complexity index is 1900. The molecule has 0 saturated heterocycles. The van der Waals surface area contributed by atoms with Crippen molar-refractivity contribution in [2.45, 2.75) is 44.9 Å².